The summed E-state index contributed by atoms with van der Waals surface area (Å²) in [5, 5.41) is 13.7. The van der Waals surface area contributed by atoms with Gasteiger partial charge in [0.15, 0.2) is 0 Å². The third-order valence-electron chi connectivity index (χ3n) is 6.93. The zero-order valence-electron chi connectivity index (χ0n) is 26.4. The number of carbonyl (C=O) groups is 2. The average Bonchev–Trinajstić information content (AvgIpc) is 2.92. The first-order chi connectivity index (χ1) is 20.3. The van der Waals surface area contributed by atoms with Gasteiger partial charge in [-0.2, -0.15) is 11.8 Å². The molecule has 0 unspecified atom stereocenters. The van der Waals surface area contributed by atoms with E-state index in [1.807, 2.05) is 88.4 Å². The third-order valence-corrected chi connectivity index (χ3v) is 8.04. The Bertz CT molecular complexity index is 1350. The van der Waals surface area contributed by atoms with Crippen LogP contribution in [0.1, 0.15) is 68.9 Å². The summed E-state index contributed by atoms with van der Waals surface area (Å²) >= 11 is 1.53. The Kier molecular flexibility index (Phi) is 12.0. The Morgan fingerprint density at radius 2 is 1.53 bits per heavy atom. The standard InChI is InChI=1S/C35H45NO6S/c1-24-20-29(37)30(25(2)31(24)41-21-26-14-10-8-11-15-26)35(6,7)18-19-40-32(38)28(36-33(39)42-34(3,4)5)23-43-22-27-16-12-9-13-17-27/h8-17,20,28,37H,18-19,21-23H2,1-7H3,(H,36,39)/t28-/m0/s1. The molecule has 0 fully saturated rings. The largest absolute Gasteiger partial charge is 0.508 e. The molecule has 3 rings (SSSR count). The zero-order valence-corrected chi connectivity index (χ0v) is 27.2. The first-order valence-corrected chi connectivity index (χ1v) is 15.7. The van der Waals surface area contributed by atoms with Gasteiger partial charge < -0.3 is 24.6 Å². The number of esters is 1. The average molecular weight is 608 g/mol. The van der Waals surface area contributed by atoms with E-state index in [0.717, 1.165) is 33.6 Å². The van der Waals surface area contributed by atoms with Crippen molar-refractivity contribution in [3.63, 3.8) is 0 Å². The van der Waals surface area contributed by atoms with Gasteiger partial charge in [-0.15, -0.1) is 0 Å². The van der Waals surface area contributed by atoms with E-state index < -0.39 is 29.1 Å². The van der Waals surface area contributed by atoms with Crippen molar-refractivity contribution in [1.29, 1.82) is 0 Å². The number of rotatable bonds is 13. The maximum atomic E-state index is 13.2. The van der Waals surface area contributed by atoms with E-state index in [1.54, 1.807) is 26.8 Å². The van der Waals surface area contributed by atoms with Crippen LogP contribution in [0.5, 0.6) is 11.5 Å². The number of hydrogen-bond donors (Lipinski definition) is 2. The Labute approximate surface area is 260 Å². The topological polar surface area (TPSA) is 94.1 Å². The molecule has 8 heteroatoms. The number of hydrogen-bond acceptors (Lipinski definition) is 7. The molecule has 0 aliphatic heterocycles. The van der Waals surface area contributed by atoms with Crippen LogP contribution in [0.15, 0.2) is 66.7 Å². The van der Waals surface area contributed by atoms with Crippen molar-refractivity contribution in [2.75, 3.05) is 12.4 Å². The van der Waals surface area contributed by atoms with E-state index in [-0.39, 0.29) is 12.4 Å². The van der Waals surface area contributed by atoms with Gasteiger partial charge in [0.25, 0.3) is 0 Å². The summed E-state index contributed by atoms with van der Waals surface area (Å²) in [4.78, 5) is 25.7. The number of aromatic hydroxyl groups is 1. The van der Waals surface area contributed by atoms with Crippen molar-refractivity contribution in [3.8, 4) is 11.5 Å². The predicted molar refractivity (Wildman–Crippen MR) is 173 cm³/mol. The molecule has 1 atom stereocenters. The molecule has 0 aromatic heterocycles. The Morgan fingerprint density at radius 1 is 0.930 bits per heavy atom. The maximum absolute atomic E-state index is 13.2. The molecule has 0 heterocycles. The second-order valence-electron chi connectivity index (χ2n) is 12.3. The fourth-order valence-electron chi connectivity index (χ4n) is 4.87. The van der Waals surface area contributed by atoms with Crippen molar-refractivity contribution < 1.29 is 28.9 Å². The Balaban J connectivity index is 1.67. The van der Waals surface area contributed by atoms with Crippen LogP contribution < -0.4 is 10.1 Å². The molecule has 43 heavy (non-hydrogen) atoms. The van der Waals surface area contributed by atoms with Crippen molar-refractivity contribution in [2.45, 2.75) is 84.3 Å². The lowest BCUT2D eigenvalue weighted by Crippen LogP contribution is -2.46. The first kappa shape index (κ1) is 33.8. The fourth-order valence-corrected chi connectivity index (χ4v) is 5.87. The number of aryl methyl sites for hydroxylation is 1. The first-order valence-electron chi connectivity index (χ1n) is 14.5. The molecule has 2 N–H and O–H groups in total. The lowest BCUT2D eigenvalue weighted by atomic mass is 9.78. The van der Waals surface area contributed by atoms with Gasteiger partial charge in [0.2, 0.25) is 0 Å². The van der Waals surface area contributed by atoms with Gasteiger partial charge >= 0.3 is 12.1 Å². The third kappa shape index (κ3) is 10.5. The summed E-state index contributed by atoms with van der Waals surface area (Å²) in [7, 11) is 0. The lowest BCUT2D eigenvalue weighted by molar-refractivity contribution is -0.145. The van der Waals surface area contributed by atoms with Gasteiger partial charge in [0, 0.05) is 17.1 Å². The number of ether oxygens (including phenoxy) is 3. The van der Waals surface area contributed by atoms with E-state index >= 15 is 0 Å². The quantitative estimate of drug-likeness (QED) is 0.193. The number of phenolic OH excluding ortho intramolecular Hbond substituents is 1. The highest BCUT2D eigenvalue weighted by Crippen LogP contribution is 2.42. The Hall–Kier alpha value is -3.65. The monoisotopic (exact) mass is 607 g/mol. The van der Waals surface area contributed by atoms with Crippen LogP contribution in [0.2, 0.25) is 0 Å². The molecular weight excluding hydrogens is 562 g/mol. The van der Waals surface area contributed by atoms with Gasteiger partial charge in [0.05, 0.1) is 6.61 Å². The van der Waals surface area contributed by atoms with Gasteiger partial charge in [-0.3, -0.25) is 0 Å². The summed E-state index contributed by atoms with van der Waals surface area (Å²) in [6.07, 6.45) is -0.219. The molecule has 232 valence electrons. The number of benzene rings is 3. The second kappa shape index (κ2) is 15.2. The van der Waals surface area contributed by atoms with Crippen molar-refractivity contribution >= 4 is 23.8 Å². The van der Waals surface area contributed by atoms with Gasteiger partial charge in [-0.05, 0) is 74.8 Å². The number of amides is 1. The highest BCUT2D eigenvalue weighted by Gasteiger charge is 2.30. The van der Waals surface area contributed by atoms with Gasteiger partial charge in [-0.25, -0.2) is 9.59 Å². The summed E-state index contributed by atoms with van der Waals surface area (Å²) in [5.41, 5.74) is 3.39. The number of carbonyl (C=O) groups excluding carboxylic acids is 2. The maximum Gasteiger partial charge on any atom is 0.408 e. The summed E-state index contributed by atoms with van der Waals surface area (Å²) in [6, 6.07) is 20.7. The normalized spacial score (nSPS) is 12.3. The van der Waals surface area contributed by atoms with E-state index in [2.05, 4.69) is 5.32 Å². The summed E-state index contributed by atoms with van der Waals surface area (Å²) in [5.74, 6) is 1.41. The molecule has 0 saturated carbocycles. The minimum absolute atomic E-state index is 0.106. The van der Waals surface area contributed by atoms with E-state index in [0.29, 0.717) is 24.5 Å². The van der Waals surface area contributed by atoms with Crippen LogP contribution in [0.4, 0.5) is 4.79 Å². The van der Waals surface area contributed by atoms with Crippen molar-refractivity contribution in [2.24, 2.45) is 0 Å². The molecule has 1 amide bonds. The highest BCUT2D eigenvalue weighted by molar-refractivity contribution is 7.98. The predicted octanol–water partition coefficient (Wildman–Crippen LogP) is 7.63. The second-order valence-corrected chi connectivity index (χ2v) is 13.3. The van der Waals surface area contributed by atoms with Crippen LogP contribution in [-0.2, 0) is 32.0 Å². The molecule has 3 aromatic carbocycles. The molecule has 0 radical (unpaired) electrons. The summed E-state index contributed by atoms with van der Waals surface area (Å²) < 4.78 is 17.3. The lowest BCUT2D eigenvalue weighted by Gasteiger charge is -2.30. The summed E-state index contributed by atoms with van der Waals surface area (Å²) in [6.45, 7) is 13.7. The molecular formula is C35H45NO6S. The number of phenols is 1. The molecule has 0 spiro atoms. The number of alkyl carbamates (subject to hydrolysis) is 1. The highest BCUT2D eigenvalue weighted by atomic mass is 32.2. The smallest absolute Gasteiger partial charge is 0.408 e. The van der Waals surface area contributed by atoms with Crippen LogP contribution >= 0.6 is 11.8 Å². The van der Waals surface area contributed by atoms with Gasteiger partial charge in [0.1, 0.15) is 29.7 Å². The SMILES string of the molecule is Cc1cc(O)c(C(C)(C)CCOC(=O)[C@H](CSCc2ccccc2)NC(=O)OC(C)(C)C)c(C)c1OCc1ccccc1. The molecule has 0 aliphatic rings. The van der Waals surface area contributed by atoms with Crippen molar-refractivity contribution in [1.82, 2.24) is 5.32 Å². The molecule has 7 nitrogen and oxygen atoms in total. The zero-order chi connectivity index (χ0) is 31.6. The van der Waals surface area contributed by atoms with E-state index in [9.17, 15) is 14.7 Å². The van der Waals surface area contributed by atoms with Crippen molar-refractivity contribution in [3.05, 3.63) is 94.5 Å². The minimum Gasteiger partial charge on any atom is -0.508 e. The molecule has 0 bridgehead atoms. The van der Waals surface area contributed by atoms with Crippen LogP contribution in [-0.4, -0.2) is 41.2 Å². The number of thioether (sulfide) groups is 1. The van der Waals surface area contributed by atoms with E-state index in [4.69, 9.17) is 14.2 Å². The Morgan fingerprint density at radius 3 is 2.14 bits per heavy atom. The van der Waals surface area contributed by atoms with Crippen LogP contribution in [0, 0.1) is 13.8 Å². The molecule has 3 aromatic rings. The fraction of sp³-hybridized carbons (Fsp3) is 0.429. The number of nitrogens with one attached hydrogen (secondary N) is 1. The van der Waals surface area contributed by atoms with E-state index in [1.165, 1.54) is 11.8 Å². The van der Waals surface area contributed by atoms with Crippen LogP contribution in [0.25, 0.3) is 0 Å². The minimum atomic E-state index is -0.876. The molecule has 0 saturated heterocycles. The molecule has 0 aliphatic carbocycles. The van der Waals surface area contributed by atoms with Gasteiger partial charge in [-0.1, -0.05) is 74.5 Å². The van der Waals surface area contributed by atoms with Crippen LogP contribution in [0.3, 0.4) is 0 Å².